The molecule has 0 aromatic carbocycles. The van der Waals surface area contributed by atoms with Gasteiger partial charge in [-0.25, -0.2) is 73.4 Å². The van der Waals surface area contributed by atoms with Gasteiger partial charge in [-0.1, -0.05) is 13.8 Å². The standard InChI is InChI=1S/C19H25N5O9.C13H17N5O3.C12H17N5O.C7H7N3.C5H10N2O.C5H10O5.C2H6.2CO2/c1-9-10-4-5-24(15(10)21-8-20-9)18(30)22(2)6-7-23(3)19(31)33-17-13(27)11(25)12(26)14(32-17)16(28)29;1-9-10-4-5-18(11(10)15-8-14-9)12(19)16(2)6-7-17(3)13(20)21;1-9-10-4-6-17(11(10)15-8-14-9)12(18)16(3)7-5-13-2;1-5-6-2-3-8-7(6)10-4-9-5;1-6-3-4-7(2)5(6)8;6-2-1-10-5(9)4(8)3(2)7;1-2;2*2-1-3/h4-5,8,11-14,17,25-27H,6-7H2,1-3H3,(H,28,29);4-5,8H,6-7H2,1-3H3,(H,20,21);4,6,8,13H,5,7H2,1-3H3;2-4H,1H3,(H,8,9,10);3-4H2,1-2H3;2-9H,1H2;1-2H3;;/t11-,12-,13+,14-,17-;;;;;2-,3+,4-,5?;;;/m0....1.../s1. The van der Waals surface area contributed by atoms with Crippen LogP contribution >= 0.6 is 0 Å². The minimum absolute atomic E-state index is 0.0185. The molecule has 108 heavy (non-hydrogen) atoms. The first kappa shape index (κ1) is 90.7. The van der Waals surface area contributed by atoms with Gasteiger partial charge >= 0.3 is 54.6 Å². The number of aliphatic hydroxyl groups is 7. The number of aromatic nitrogens is 12. The number of ether oxygens (including phenoxy) is 3. The number of nitrogens with one attached hydrogen (secondary N) is 2. The molecule has 1 unspecified atom stereocenters. The molecule has 3 aliphatic rings. The molecule has 8 aromatic heterocycles. The number of likely N-dealkylation sites (N-methyl/N-ethyl adjacent to an activating group) is 8. The Labute approximate surface area is 617 Å². The maximum absolute atomic E-state index is 12.8. The van der Waals surface area contributed by atoms with Gasteiger partial charge in [0, 0.05) is 148 Å². The number of carboxylic acids is 1. The highest BCUT2D eigenvalue weighted by Gasteiger charge is 2.49. The number of aliphatic carboxylic acids is 1. The summed E-state index contributed by atoms with van der Waals surface area (Å²) in [7, 11) is 13.2. The van der Waals surface area contributed by atoms with Crippen molar-refractivity contribution in [1.29, 1.82) is 0 Å². The first-order valence-electron chi connectivity index (χ1n) is 32.7. The molecular formula is C65H92N20O23. The summed E-state index contributed by atoms with van der Waals surface area (Å²) in [5.41, 5.74) is 5.99. The topological polar surface area (TPSA) is 566 Å². The lowest BCUT2D eigenvalue weighted by Gasteiger charge is -2.38. The van der Waals surface area contributed by atoms with Gasteiger partial charge in [0.15, 0.2) is 29.3 Å². The number of hydrogen-bond acceptors (Lipinski definition) is 30. The second-order valence-electron chi connectivity index (χ2n) is 23.4. The molecule has 0 spiro atoms. The third-order valence-corrected chi connectivity index (χ3v) is 16.0. The Morgan fingerprint density at radius 1 is 0.546 bits per heavy atom. The molecule has 43 heteroatoms. The molecule has 590 valence electrons. The van der Waals surface area contributed by atoms with Gasteiger partial charge in [0.25, 0.3) is 0 Å². The first-order chi connectivity index (χ1) is 51.1. The fourth-order valence-electron chi connectivity index (χ4n) is 9.52. The van der Waals surface area contributed by atoms with Crippen molar-refractivity contribution >= 4 is 98.7 Å². The molecule has 0 radical (unpaired) electrons. The average Bonchev–Trinajstić information content (AvgIpc) is 1.51. The van der Waals surface area contributed by atoms with Gasteiger partial charge in [0.1, 0.15) is 67.6 Å². The maximum Gasteiger partial charge on any atom is 0.411 e. The Morgan fingerprint density at radius 3 is 1.31 bits per heavy atom. The van der Waals surface area contributed by atoms with Gasteiger partial charge in [-0.15, -0.1) is 0 Å². The summed E-state index contributed by atoms with van der Waals surface area (Å²) in [4.78, 5) is 161. The highest BCUT2D eigenvalue weighted by atomic mass is 16.7. The third-order valence-electron chi connectivity index (χ3n) is 16.0. The minimum atomic E-state index is -1.90. The first-order valence-corrected chi connectivity index (χ1v) is 32.7. The van der Waals surface area contributed by atoms with E-state index in [2.05, 4.69) is 54.9 Å². The quantitative estimate of drug-likeness (QED) is 0.0758. The number of urea groups is 1. The van der Waals surface area contributed by atoms with E-state index >= 15 is 0 Å². The summed E-state index contributed by atoms with van der Waals surface area (Å²) in [5.74, 6) is -1.60. The predicted octanol–water partition coefficient (Wildman–Crippen LogP) is -0.765. The number of nitrogens with zero attached hydrogens (tertiary/aromatic N) is 18. The highest BCUT2D eigenvalue weighted by molar-refractivity contribution is 5.92. The molecule has 11 rings (SSSR count). The van der Waals surface area contributed by atoms with Crippen LogP contribution in [0.1, 0.15) is 36.6 Å². The van der Waals surface area contributed by atoms with Gasteiger partial charge in [-0.2, -0.15) is 19.2 Å². The van der Waals surface area contributed by atoms with Crippen LogP contribution in [0, 0.1) is 27.7 Å². The van der Waals surface area contributed by atoms with Crippen molar-refractivity contribution in [1.82, 2.24) is 98.2 Å². The number of rotatable bonds is 11. The lowest BCUT2D eigenvalue weighted by atomic mass is 9.99. The lowest BCUT2D eigenvalue weighted by Crippen LogP contribution is -2.61. The van der Waals surface area contributed by atoms with Crippen molar-refractivity contribution in [2.45, 2.75) is 96.9 Å². The van der Waals surface area contributed by atoms with Crippen LogP contribution in [0.5, 0.6) is 0 Å². The molecule has 0 saturated carbocycles. The zero-order chi connectivity index (χ0) is 81.4. The number of fused-ring (bicyclic) bond motifs is 4. The highest BCUT2D eigenvalue weighted by Crippen LogP contribution is 2.24. The van der Waals surface area contributed by atoms with Crippen LogP contribution in [-0.2, 0) is 38.2 Å². The molecule has 11 N–H and O–H groups in total. The Morgan fingerprint density at radius 2 is 0.935 bits per heavy atom. The van der Waals surface area contributed by atoms with Crippen LogP contribution in [-0.4, -0.2) is 364 Å². The van der Waals surface area contributed by atoms with E-state index in [1.165, 1.54) is 59.1 Å². The SMILES string of the molecule is CC.CN1CCN(C)C1=O.CNCCN(C)C(=O)n1ccc2c(C)ncnc21.Cc1ncnc2[nH]ccc12.Cc1ncnc2c1ccn2C(=O)N(C)CCN(C)C(=O)O.Cc1ncnc2c1ccn2C(=O)N(C)CCN(C)C(=O)O[C@@H]1O[C@H](C(=O)O)[C@@H](O)[C@H](O)[C@H]1O.O=C=O.O=C=O.OC1OC[C@@H](O)[C@H](O)[C@H]1O. The molecule has 3 aliphatic heterocycles. The molecule has 43 nitrogen and oxygen atoms in total. The number of hydrogen-bond donors (Lipinski definition) is 11. The summed E-state index contributed by atoms with van der Waals surface area (Å²) in [6.45, 7) is 15.2. The molecular weight excluding hydrogens is 1430 g/mol. The maximum atomic E-state index is 12.8. The summed E-state index contributed by atoms with van der Waals surface area (Å²) >= 11 is 0. The average molecular weight is 1520 g/mol. The van der Waals surface area contributed by atoms with Crippen LogP contribution < -0.4 is 5.32 Å². The van der Waals surface area contributed by atoms with Crippen LogP contribution in [0.2, 0.25) is 0 Å². The predicted molar refractivity (Wildman–Crippen MR) is 376 cm³/mol. The molecule has 3 saturated heterocycles. The molecule has 11 heterocycles. The van der Waals surface area contributed by atoms with Crippen LogP contribution in [0.15, 0.2) is 74.4 Å². The van der Waals surface area contributed by atoms with E-state index in [1.807, 2.05) is 74.1 Å². The number of H-pyrrole nitrogens is 1. The summed E-state index contributed by atoms with van der Waals surface area (Å²) in [5, 5.41) is 89.1. The smallest absolute Gasteiger partial charge is 0.411 e. The van der Waals surface area contributed by atoms with Crippen molar-refractivity contribution < 1.29 is 113 Å². The van der Waals surface area contributed by atoms with Crippen LogP contribution in [0.3, 0.4) is 0 Å². The largest absolute Gasteiger partial charge is 0.479 e. The second-order valence-corrected chi connectivity index (χ2v) is 23.4. The number of aliphatic hydroxyl groups excluding tert-OH is 7. The lowest BCUT2D eigenvalue weighted by molar-refractivity contribution is -0.279. The number of carbonyl (C=O) groups excluding carboxylic acids is 9. The van der Waals surface area contributed by atoms with Crippen molar-refractivity contribution in [3.63, 3.8) is 0 Å². The van der Waals surface area contributed by atoms with Gasteiger partial charge in [-0.05, 0) is 59.0 Å². The summed E-state index contributed by atoms with van der Waals surface area (Å²) in [6, 6.07) is 6.76. The van der Waals surface area contributed by atoms with E-state index in [0.29, 0.717) is 30.0 Å². The number of carbonyl (C=O) groups is 7. The normalized spacial score (nSPS) is 18.8. The fourth-order valence-corrected chi connectivity index (χ4v) is 9.52. The zero-order valence-electron chi connectivity index (χ0n) is 61.8. The Kier molecular flexibility index (Phi) is 37.4. The van der Waals surface area contributed by atoms with E-state index in [1.54, 1.807) is 77.3 Å². The second kappa shape index (κ2) is 44.5. The molecule has 3 fully saturated rings. The minimum Gasteiger partial charge on any atom is -0.479 e. The van der Waals surface area contributed by atoms with Crippen molar-refractivity contribution in [2.75, 3.05) is 115 Å². The van der Waals surface area contributed by atoms with Gasteiger partial charge in [-0.3, -0.25) is 13.7 Å². The van der Waals surface area contributed by atoms with Crippen LogP contribution in [0.25, 0.3) is 44.1 Å². The third kappa shape index (κ3) is 25.1. The number of aryl methyl sites for hydroxylation is 4. The van der Waals surface area contributed by atoms with Gasteiger partial charge in [0.2, 0.25) is 6.29 Å². The number of aromatic amines is 1. The van der Waals surface area contributed by atoms with E-state index in [9.17, 15) is 48.9 Å². The van der Waals surface area contributed by atoms with Crippen molar-refractivity contribution in [3.05, 3.63) is 97.1 Å². The fraction of sp³-hybridized carbons (Fsp3) is 0.492. The molecule has 8 aromatic rings. The monoisotopic (exact) mass is 1520 g/mol. The van der Waals surface area contributed by atoms with Crippen molar-refractivity contribution in [3.8, 4) is 0 Å². The zero-order valence-corrected chi connectivity index (χ0v) is 61.8. The van der Waals surface area contributed by atoms with E-state index < -0.39 is 79.5 Å². The molecule has 0 bridgehead atoms. The molecule has 9 atom stereocenters. The van der Waals surface area contributed by atoms with E-state index in [-0.39, 0.29) is 56.6 Å². The van der Waals surface area contributed by atoms with Crippen molar-refractivity contribution in [2.24, 2.45) is 0 Å². The number of amides is 7. The molecule has 7 amide bonds. The van der Waals surface area contributed by atoms with Gasteiger partial charge < -0.3 is 105 Å². The molecule has 0 aliphatic carbocycles. The Bertz CT molecular complexity index is 4260. The summed E-state index contributed by atoms with van der Waals surface area (Å²) < 4.78 is 18.7. The van der Waals surface area contributed by atoms with E-state index in [4.69, 9.17) is 59.3 Å². The Hall–Kier alpha value is -11.5. The summed E-state index contributed by atoms with van der Waals surface area (Å²) in [6.07, 6.45) is -3.46. The van der Waals surface area contributed by atoms with Gasteiger partial charge in [0.05, 0.1) is 29.4 Å². The van der Waals surface area contributed by atoms with Crippen LogP contribution in [0.4, 0.5) is 28.8 Å². The number of carboxylic acid groups (broad SMARTS) is 2. The van der Waals surface area contributed by atoms with E-state index in [0.717, 1.165) is 79.4 Å². The Balaban J connectivity index is 0.000000350.